The lowest BCUT2D eigenvalue weighted by molar-refractivity contribution is 0.216. The molecule has 1 aromatic carbocycles. The van der Waals surface area contributed by atoms with Gasteiger partial charge in [0.15, 0.2) is 11.5 Å². The van der Waals surface area contributed by atoms with Crippen LogP contribution in [0.5, 0.6) is 11.5 Å². The molecule has 0 aliphatic heterocycles. The topological polar surface area (TPSA) is 30.5 Å². The van der Waals surface area contributed by atoms with Crippen LogP contribution in [0.2, 0.25) is 0 Å². The number of benzene rings is 1. The summed E-state index contributed by atoms with van der Waals surface area (Å²) in [6.07, 6.45) is 7.94. The van der Waals surface area contributed by atoms with Gasteiger partial charge in [-0.15, -0.1) is 0 Å². The highest BCUT2D eigenvalue weighted by Gasteiger charge is 2.18. The quantitative estimate of drug-likeness (QED) is 0.829. The van der Waals surface area contributed by atoms with Crippen molar-refractivity contribution < 1.29 is 9.47 Å². The molecule has 0 radical (unpaired) electrons. The third kappa shape index (κ3) is 4.78. The number of nitrogens with one attached hydrogen (secondary N) is 1. The van der Waals surface area contributed by atoms with Crippen LogP contribution in [0.15, 0.2) is 30.4 Å². The summed E-state index contributed by atoms with van der Waals surface area (Å²) in [5.41, 5.74) is 1.22. The van der Waals surface area contributed by atoms with E-state index in [0.717, 1.165) is 36.4 Å². The molecule has 0 spiro atoms. The van der Waals surface area contributed by atoms with Crippen molar-refractivity contribution in [1.82, 2.24) is 5.32 Å². The fourth-order valence-corrected chi connectivity index (χ4v) is 2.39. The Bertz CT molecular complexity index is 488. The molecule has 116 valence electrons. The summed E-state index contributed by atoms with van der Waals surface area (Å²) in [7, 11) is 1.69. The molecule has 1 aromatic rings. The monoisotopic (exact) mass is 289 g/mol. The van der Waals surface area contributed by atoms with Gasteiger partial charge in [-0.25, -0.2) is 0 Å². The van der Waals surface area contributed by atoms with Gasteiger partial charge in [-0.2, -0.15) is 0 Å². The maximum Gasteiger partial charge on any atom is 0.166 e. The van der Waals surface area contributed by atoms with Crippen LogP contribution in [-0.2, 0) is 6.54 Å². The van der Waals surface area contributed by atoms with Crippen molar-refractivity contribution in [3.05, 3.63) is 35.9 Å². The molecule has 0 saturated carbocycles. The van der Waals surface area contributed by atoms with Crippen molar-refractivity contribution in [2.45, 2.75) is 58.2 Å². The van der Waals surface area contributed by atoms with E-state index in [2.05, 4.69) is 44.3 Å². The second kappa shape index (κ2) is 6.99. The maximum atomic E-state index is 6.22. The highest BCUT2D eigenvalue weighted by atomic mass is 16.5. The lowest BCUT2D eigenvalue weighted by Gasteiger charge is -2.25. The molecule has 1 N–H and O–H groups in total. The molecule has 3 nitrogen and oxygen atoms in total. The van der Waals surface area contributed by atoms with Gasteiger partial charge >= 0.3 is 0 Å². The zero-order valence-corrected chi connectivity index (χ0v) is 13.6. The summed E-state index contributed by atoms with van der Waals surface area (Å²) in [5.74, 6) is 1.68. The van der Waals surface area contributed by atoms with Gasteiger partial charge in [0.2, 0.25) is 0 Å². The number of para-hydroxylation sites is 1. The summed E-state index contributed by atoms with van der Waals surface area (Å²) in [6.45, 7) is 7.26. The van der Waals surface area contributed by atoms with E-state index in [-0.39, 0.29) is 11.6 Å². The number of hydrogen-bond donors (Lipinski definition) is 1. The fourth-order valence-electron chi connectivity index (χ4n) is 2.39. The highest BCUT2D eigenvalue weighted by molar-refractivity contribution is 5.47. The molecule has 0 bridgehead atoms. The van der Waals surface area contributed by atoms with E-state index in [1.54, 1.807) is 7.11 Å². The summed E-state index contributed by atoms with van der Waals surface area (Å²) < 4.78 is 11.7. The Kier molecular flexibility index (Phi) is 5.29. The van der Waals surface area contributed by atoms with Crippen LogP contribution in [-0.4, -0.2) is 18.8 Å². The number of methoxy groups -OCH3 is 1. The molecule has 1 unspecified atom stereocenters. The summed E-state index contributed by atoms with van der Waals surface area (Å²) >= 11 is 0. The van der Waals surface area contributed by atoms with Gasteiger partial charge in [-0.3, -0.25) is 0 Å². The van der Waals surface area contributed by atoms with E-state index in [4.69, 9.17) is 9.47 Å². The molecule has 0 fully saturated rings. The zero-order chi connectivity index (χ0) is 15.3. The predicted octanol–water partition coefficient (Wildman–Crippen LogP) is 4.07. The number of ether oxygens (including phenoxy) is 2. The molecule has 1 aliphatic rings. The molecule has 2 rings (SSSR count). The van der Waals surface area contributed by atoms with E-state index in [0.29, 0.717) is 0 Å². The Morgan fingerprint density at radius 1 is 1.29 bits per heavy atom. The highest BCUT2D eigenvalue weighted by Crippen LogP contribution is 2.33. The first-order valence-corrected chi connectivity index (χ1v) is 7.74. The molecule has 1 atom stereocenters. The Labute approximate surface area is 128 Å². The van der Waals surface area contributed by atoms with Crippen molar-refractivity contribution in [3.8, 4) is 11.5 Å². The minimum atomic E-state index is 0.0745. The molecule has 0 aromatic heterocycles. The molecular formula is C18H27NO2. The molecule has 0 amide bonds. The van der Waals surface area contributed by atoms with Crippen molar-refractivity contribution in [2.75, 3.05) is 7.11 Å². The van der Waals surface area contributed by atoms with Crippen LogP contribution in [0.3, 0.4) is 0 Å². The van der Waals surface area contributed by atoms with Gasteiger partial charge in [0.25, 0.3) is 0 Å². The normalized spacial score (nSPS) is 18.6. The fraction of sp³-hybridized carbons (Fsp3) is 0.556. The van der Waals surface area contributed by atoms with Gasteiger partial charge in [0.05, 0.1) is 7.11 Å². The Morgan fingerprint density at radius 3 is 2.71 bits per heavy atom. The summed E-state index contributed by atoms with van der Waals surface area (Å²) in [5, 5.41) is 3.51. The van der Waals surface area contributed by atoms with Crippen molar-refractivity contribution in [1.29, 1.82) is 0 Å². The first-order valence-electron chi connectivity index (χ1n) is 7.74. The van der Waals surface area contributed by atoms with Crippen LogP contribution in [0.4, 0.5) is 0 Å². The zero-order valence-electron chi connectivity index (χ0n) is 13.6. The van der Waals surface area contributed by atoms with Crippen LogP contribution in [0, 0.1) is 0 Å². The van der Waals surface area contributed by atoms with Crippen molar-refractivity contribution in [3.63, 3.8) is 0 Å². The molecule has 1 aliphatic carbocycles. The first kappa shape index (κ1) is 15.9. The molecule has 0 saturated heterocycles. The molecule has 3 heteroatoms. The van der Waals surface area contributed by atoms with Crippen LogP contribution in [0.1, 0.15) is 45.6 Å². The summed E-state index contributed by atoms with van der Waals surface area (Å²) in [4.78, 5) is 0. The Hall–Kier alpha value is -1.48. The van der Waals surface area contributed by atoms with Gasteiger partial charge in [0.1, 0.15) is 6.10 Å². The standard InChI is InChI=1S/C18H27NO2/c1-18(2,3)19-13-14-9-8-12-16(20-4)17(14)21-15-10-6-5-7-11-15/h6,8-10,12,15,19H,5,7,11,13H2,1-4H3. The lowest BCUT2D eigenvalue weighted by atomic mass is 10.0. The van der Waals surface area contributed by atoms with E-state index in [1.807, 2.05) is 12.1 Å². The second-order valence-electron chi connectivity index (χ2n) is 6.57. The van der Waals surface area contributed by atoms with Gasteiger partial charge in [0, 0.05) is 17.6 Å². The number of allylic oxidation sites excluding steroid dienone is 1. The Morgan fingerprint density at radius 2 is 2.10 bits per heavy atom. The number of hydrogen-bond acceptors (Lipinski definition) is 3. The lowest BCUT2D eigenvalue weighted by Crippen LogP contribution is -2.35. The Balaban J connectivity index is 2.19. The third-order valence-corrected chi connectivity index (χ3v) is 3.57. The largest absolute Gasteiger partial charge is 0.493 e. The molecule has 21 heavy (non-hydrogen) atoms. The minimum absolute atomic E-state index is 0.0745. The minimum Gasteiger partial charge on any atom is -0.493 e. The SMILES string of the molecule is COc1cccc(CNC(C)(C)C)c1OC1C=CCCC1. The third-order valence-electron chi connectivity index (χ3n) is 3.57. The first-order chi connectivity index (χ1) is 9.99. The van der Waals surface area contributed by atoms with Crippen molar-refractivity contribution >= 4 is 0 Å². The van der Waals surface area contributed by atoms with E-state index in [1.165, 1.54) is 6.42 Å². The van der Waals surface area contributed by atoms with Gasteiger partial charge in [-0.1, -0.05) is 18.2 Å². The van der Waals surface area contributed by atoms with E-state index in [9.17, 15) is 0 Å². The van der Waals surface area contributed by atoms with Crippen molar-refractivity contribution in [2.24, 2.45) is 0 Å². The number of rotatable bonds is 5. The van der Waals surface area contributed by atoms with E-state index < -0.39 is 0 Å². The predicted molar refractivity (Wildman–Crippen MR) is 87.0 cm³/mol. The van der Waals surface area contributed by atoms with E-state index >= 15 is 0 Å². The average Bonchev–Trinajstić information content (AvgIpc) is 2.46. The molecular weight excluding hydrogens is 262 g/mol. The average molecular weight is 289 g/mol. The van der Waals surface area contributed by atoms with Gasteiger partial charge in [-0.05, 0) is 52.2 Å². The van der Waals surface area contributed by atoms with Gasteiger partial charge < -0.3 is 14.8 Å². The van der Waals surface area contributed by atoms with Crippen LogP contribution >= 0.6 is 0 Å². The maximum absolute atomic E-state index is 6.22. The summed E-state index contributed by atoms with van der Waals surface area (Å²) in [6, 6.07) is 6.08. The molecule has 0 heterocycles. The van der Waals surface area contributed by atoms with Crippen LogP contribution in [0.25, 0.3) is 0 Å². The smallest absolute Gasteiger partial charge is 0.166 e. The second-order valence-corrected chi connectivity index (χ2v) is 6.57. The van der Waals surface area contributed by atoms with Crippen LogP contribution < -0.4 is 14.8 Å².